The van der Waals surface area contributed by atoms with Gasteiger partial charge in [-0.2, -0.15) is 11.8 Å². The second-order valence-electron chi connectivity index (χ2n) is 5.46. The Morgan fingerprint density at radius 1 is 1.20 bits per heavy atom. The molecule has 0 aliphatic carbocycles. The average Bonchev–Trinajstić information content (AvgIpc) is 2.87. The molecule has 3 fully saturated rings. The number of hydrogen-bond acceptors (Lipinski definition) is 3. The first kappa shape index (κ1) is 10.4. The van der Waals surface area contributed by atoms with Gasteiger partial charge in [-0.3, -0.25) is 0 Å². The molecule has 15 heavy (non-hydrogen) atoms. The number of hydrogen-bond donors (Lipinski definition) is 1. The Labute approximate surface area is 97.2 Å². The summed E-state index contributed by atoms with van der Waals surface area (Å²) in [6, 6.07) is 0. The van der Waals surface area contributed by atoms with Crippen molar-refractivity contribution in [1.82, 2.24) is 10.2 Å². The second-order valence-corrected chi connectivity index (χ2v) is 6.61. The topological polar surface area (TPSA) is 15.3 Å². The zero-order chi connectivity index (χ0) is 10.1. The number of nitrogens with one attached hydrogen (secondary N) is 1. The molecule has 0 saturated carbocycles. The predicted octanol–water partition coefficient (Wildman–Crippen LogP) is 1.28. The molecular weight excluding hydrogens is 204 g/mol. The van der Waals surface area contributed by atoms with Gasteiger partial charge in [-0.05, 0) is 61.7 Å². The summed E-state index contributed by atoms with van der Waals surface area (Å²) >= 11 is 2.15. The molecule has 0 aromatic rings. The van der Waals surface area contributed by atoms with Crippen molar-refractivity contribution in [1.29, 1.82) is 0 Å². The standard InChI is InChI=1S/C12H22N2S/c1-3-14(7-10-2-4-15-9-10)8-12-6-13-5-11(1)12/h10-13H,1-9H2. The fourth-order valence-electron chi connectivity index (χ4n) is 3.37. The third kappa shape index (κ3) is 2.34. The zero-order valence-corrected chi connectivity index (χ0v) is 10.3. The van der Waals surface area contributed by atoms with Gasteiger partial charge in [0.2, 0.25) is 0 Å². The lowest BCUT2D eigenvalue weighted by molar-refractivity contribution is 0.133. The summed E-state index contributed by atoms with van der Waals surface area (Å²) in [4.78, 5) is 2.74. The Balaban J connectivity index is 1.50. The van der Waals surface area contributed by atoms with Crippen LogP contribution in [0.5, 0.6) is 0 Å². The van der Waals surface area contributed by atoms with E-state index in [1.165, 1.54) is 57.1 Å². The number of thioether (sulfide) groups is 1. The lowest BCUT2D eigenvalue weighted by Gasteiger charge is -2.35. The molecule has 1 N–H and O–H groups in total. The van der Waals surface area contributed by atoms with E-state index in [2.05, 4.69) is 22.0 Å². The molecule has 3 rings (SSSR count). The second kappa shape index (κ2) is 4.64. The maximum absolute atomic E-state index is 3.55. The van der Waals surface area contributed by atoms with Gasteiger partial charge >= 0.3 is 0 Å². The Kier molecular flexibility index (Phi) is 3.23. The summed E-state index contributed by atoms with van der Waals surface area (Å²) in [6.45, 7) is 6.69. The number of rotatable bonds is 2. The van der Waals surface area contributed by atoms with E-state index in [0.29, 0.717) is 0 Å². The van der Waals surface area contributed by atoms with Crippen molar-refractivity contribution in [3.05, 3.63) is 0 Å². The molecule has 86 valence electrons. The van der Waals surface area contributed by atoms with E-state index in [-0.39, 0.29) is 0 Å². The number of fused-ring (bicyclic) bond motifs is 1. The van der Waals surface area contributed by atoms with Gasteiger partial charge in [0, 0.05) is 13.1 Å². The molecule has 3 aliphatic heterocycles. The highest BCUT2D eigenvalue weighted by Gasteiger charge is 2.33. The van der Waals surface area contributed by atoms with Crippen LogP contribution in [0.4, 0.5) is 0 Å². The minimum Gasteiger partial charge on any atom is -0.316 e. The largest absolute Gasteiger partial charge is 0.316 e. The van der Waals surface area contributed by atoms with E-state index in [1.807, 2.05) is 0 Å². The van der Waals surface area contributed by atoms with Crippen molar-refractivity contribution < 1.29 is 0 Å². The quantitative estimate of drug-likeness (QED) is 0.763. The highest BCUT2D eigenvalue weighted by atomic mass is 32.2. The zero-order valence-electron chi connectivity index (χ0n) is 9.45. The molecule has 3 unspecified atom stereocenters. The van der Waals surface area contributed by atoms with E-state index >= 15 is 0 Å². The highest BCUT2D eigenvalue weighted by molar-refractivity contribution is 7.99. The van der Waals surface area contributed by atoms with Crippen LogP contribution in [0.3, 0.4) is 0 Å². The van der Waals surface area contributed by atoms with E-state index in [4.69, 9.17) is 0 Å². The SMILES string of the molecule is C1CC(CN2CCC3CNCC3C2)CS1. The minimum atomic E-state index is 0.966. The van der Waals surface area contributed by atoms with Crippen molar-refractivity contribution in [3.63, 3.8) is 0 Å². The van der Waals surface area contributed by atoms with Crippen LogP contribution in [0.2, 0.25) is 0 Å². The number of nitrogens with zero attached hydrogens (tertiary/aromatic N) is 1. The van der Waals surface area contributed by atoms with E-state index in [9.17, 15) is 0 Å². The third-order valence-electron chi connectivity index (χ3n) is 4.33. The summed E-state index contributed by atoms with van der Waals surface area (Å²) in [7, 11) is 0. The normalized spacial score (nSPS) is 42.0. The van der Waals surface area contributed by atoms with Gasteiger partial charge in [-0.15, -0.1) is 0 Å². The molecule has 0 aromatic heterocycles. The van der Waals surface area contributed by atoms with Crippen molar-refractivity contribution in [3.8, 4) is 0 Å². The van der Waals surface area contributed by atoms with E-state index in [1.54, 1.807) is 0 Å². The van der Waals surface area contributed by atoms with Gasteiger partial charge in [0.25, 0.3) is 0 Å². The first-order valence-electron chi connectivity index (χ1n) is 6.42. The van der Waals surface area contributed by atoms with Crippen LogP contribution < -0.4 is 5.32 Å². The summed E-state index contributed by atoms with van der Waals surface area (Å²) in [5.41, 5.74) is 0. The molecule has 0 aromatic carbocycles. The molecule has 0 spiro atoms. The number of piperidine rings is 1. The molecule has 3 saturated heterocycles. The molecule has 3 aliphatic rings. The van der Waals surface area contributed by atoms with E-state index in [0.717, 1.165) is 17.8 Å². The number of likely N-dealkylation sites (tertiary alicyclic amines) is 1. The minimum absolute atomic E-state index is 0.966. The molecule has 0 radical (unpaired) electrons. The van der Waals surface area contributed by atoms with Gasteiger partial charge in [0.05, 0.1) is 0 Å². The lowest BCUT2D eigenvalue weighted by Crippen LogP contribution is -2.42. The van der Waals surface area contributed by atoms with Crippen molar-refractivity contribution in [2.45, 2.75) is 12.8 Å². The molecule has 0 bridgehead atoms. The molecule has 3 atom stereocenters. The molecule has 3 heterocycles. The predicted molar refractivity (Wildman–Crippen MR) is 66.3 cm³/mol. The summed E-state index contributed by atoms with van der Waals surface area (Å²) in [6.07, 6.45) is 2.91. The fourth-order valence-corrected chi connectivity index (χ4v) is 4.64. The van der Waals surface area contributed by atoms with Crippen molar-refractivity contribution >= 4 is 11.8 Å². The fraction of sp³-hybridized carbons (Fsp3) is 1.00. The van der Waals surface area contributed by atoms with Crippen LogP contribution in [0.25, 0.3) is 0 Å². The Hall–Kier alpha value is 0.270. The molecule has 0 amide bonds. The van der Waals surface area contributed by atoms with Crippen LogP contribution in [0.1, 0.15) is 12.8 Å². The van der Waals surface area contributed by atoms with Crippen molar-refractivity contribution in [2.24, 2.45) is 17.8 Å². The van der Waals surface area contributed by atoms with Crippen LogP contribution in [-0.2, 0) is 0 Å². The summed E-state index contributed by atoms with van der Waals surface area (Å²) < 4.78 is 0. The van der Waals surface area contributed by atoms with Gasteiger partial charge < -0.3 is 10.2 Å². The van der Waals surface area contributed by atoms with Crippen LogP contribution in [0, 0.1) is 17.8 Å². The highest BCUT2D eigenvalue weighted by Crippen LogP contribution is 2.29. The van der Waals surface area contributed by atoms with Gasteiger partial charge in [-0.25, -0.2) is 0 Å². The Bertz CT molecular complexity index is 214. The van der Waals surface area contributed by atoms with Gasteiger partial charge in [-0.1, -0.05) is 0 Å². The van der Waals surface area contributed by atoms with Gasteiger partial charge in [0.1, 0.15) is 0 Å². The summed E-state index contributed by atoms with van der Waals surface area (Å²) in [5, 5.41) is 3.55. The maximum atomic E-state index is 3.55. The smallest absolute Gasteiger partial charge is 0.00251 e. The average molecular weight is 226 g/mol. The third-order valence-corrected chi connectivity index (χ3v) is 5.56. The first-order chi connectivity index (χ1) is 7.42. The van der Waals surface area contributed by atoms with Crippen LogP contribution in [0.15, 0.2) is 0 Å². The summed E-state index contributed by atoms with van der Waals surface area (Å²) in [5.74, 6) is 5.79. The first-order valence-corrected chi connectivity index (χ1v) is 7.58. The molecular formula is C12H22N2S. The van der Waals surface area contributed by atoms with Gasteiger partial charge in [0.15, 0.2) is 0 Å². The molecule has 3 heteroatoms. The Morgan fingerprint density at radius 3 is 3.00 bits per heavy atom. The van der Waals surface area contributed by atoms with E-state index < -0.39 is 0 Å². The van der Waals surface area contributed by atoms with Crippen LogP contribution in [-0.4, -0.2) is 49.1 Å². The Morgan fingerprint density at radius 2 is 2.13 bits per heavy atom. The monoisotopic (exact) mass is 226 g/mol. The maximum Gasteiger partial charge on any atom is 0.00251 e. The lowest BCUT2D eigenvalue weighted by atomic mass is 9.88. The van der Waals surface area contributed by atoms with Crippen molar-refractivity contribution in [2.75, 3.05) is 44.2 Å². The van der Waals surface area contributed by atoms with Crippen LogP contribution >= 0.6 is 11.8 Å². The molecule has 2 nitrogen and oxygen atoms in total.